The van der Waals surface area contributed by atoms with Crippen molar-refractivity contribution < 1.29 is 8.83 Å². The van der Waals surface area contributed by atoms with E-state index in [1.54, 1.807) is 16.7 Å². The molecule has 3 nitrogen and oxygen atoms in total. The Morgan fingerprint density at radius 2 is 0.650 bits per heavy atom. The van der Waals surface area contributed by atoms with E-state index in [-0.39, 0.29) is 10.8 Å². The zero-order chi connectivity index (χ0) is 78.1. The fourth-order valence-electron chi connectivity index (χ4n) is 24.6. The first kappa shape index (κ1) is 72.2. The van der Waals surface area contributed by atoms with E-state index >= 15 is 0 Å². The van der Waals surface area contributed by atoms with Crippen LogP contribution >= 0.6 is 0 Å². The number of nitrogens with zero attached hydrogens (tertiary/aromatic N) is 1. The molecule has 0 saturated heterocycles. The average molecular weight is 1520 g/mol. The van der Waals surface area contributed by atoms with Crippen molar-refractivity contribution in [2.24, 2.45) is 0 Å². The van der Waals surface area contributed by atoms with Crippen LogP contribution in [0.15, 0.2) is 282 Å². The maximum Gasteiger partial charge on any atom is 0.144 e. The second-order valence-electron chi connectivity index (χ2n) is 35.5. The normalized spacial score (nSPS) is 14.9. The second-order valence-corrected chi connectivity index (χ2v) is 35.5. The monoisotopic (exact) mass is 1520 g/mol. The van der Waals surface area contributed by atoms with Crippen molar-refractivity contribution in [1.29, 1.82) is 0 Å². The summed E-state index contributed by atoms with van der Waals surface area (Å²) < 4.78 is 14.7. The molecule has 117 heavy (non-hydrogen) atoms. The number of hydrogen-bond acceptors (Lipinski definition) is 3. The van der Waals surface area contributed by atoms with Gasteiger partial charge in [-0.15, -0.1) is 0 Å². The van der Waals surface area contributed by atoms with E-state index in [2.05, 4.69) is 306 Å². The van der Waals surface area contributed by atoms with Crippen LogP contribution in [0.5, 0.6) is 0 Å². The molecule has 14 aromatic carbocycles. The summed E-state index contributed by atoms with van der Waals surface area (Å²) in [5.41, 5.74) is 38.6. The van der Waals surface area contributed by atoms with Crippen molar-refractivity contribution in [3.63, 3.8) is 0 Å². The van der Waals surface area contributed by atoms with Gasteiger partial charge < -0.3 is 13.7 Å². The number of anilines is 3. The fourth-order valence-corrected chi connectivity index (χ4v) is 24.6. The molecule has 0 radical (unpaired) electrons. The summed E-state index contributed by atoms with van der Waals surface area (Å²) in [5, 5.41) is 7.37. The van der Waals surface area contributed by atoms with Crippen LogP contribution in [0.3, 0.4) is 0 Å². The van der Waals surface area contributed by atoms with Crippen molar-refractivity contribution in [1.82, 2.24) is 0 Å². The summed E-state index contributed by atoms with van der Waals surface area (Å²) in [4.78, 5) is 2.72. The molecule has 22 rings (SSSR count). The van der Waals surface area contributed by atoms with Crippen LogP contribution in [0, 0.1) is 0 Å². The first-order chi connectivity index (χ1) is 57.9. The molecule has 0 atom stereocenters. The molecule has 0 aliphatic heterocycles. The quantitative estimate of drug-likeness (QED) is 0.0481. The smallest absolute Gasteiger partial charge is 0.144 e. The van der Waals surface area contributed by atoms with Gasteiger partial charge in [-0.1, -0.05) is 368 Å². The van der Waals surface area contributed by atoms with Crippen LogP contribution in [0.4, 0.5) is 17.1 Å². The van der Waals surface area contributed by atoms with Gasteiger partial charge in [0.1, 0.15) is 22.3 Å². The van der Waals surface area contributed by atoms with Gasteiger partial charge in [-0.3, -0.25) is 0 Å². The first-order valence-corrected chi connectivity index (χ1v) is 45.1. The molecule has 16 aromatic rings. The van der Waals surface area contributed by atoms with Gasteiger partial charge in [-0.05, 0) is 220 Å². The van der Waals surface area contributed by atoms with Gasteiger partial charge in [0.15, 0.2) is 0 Å². The Balaban J connectivity index is 0.817. The summed E-state index contributed by atoms with van der Waals surface area (Å²) >= 11 is 0. The number of benzene rings is 14. The van der Waals surface area contributed by atoms with E-state index in [9.17, 15) is 0 Å². The minimum Gasteiger partial charge on any atom is -0.456 e. The van der Waals surface area contributed by atoms with E-state index in [4.69, 9.17) is 8.83 Å². The largest absolute Gasteiger partial charge is 0.456 e. The molecule has 0 amide bonds. The molecule has 6 aliphatic rings. The maximum absolute atomic E-state index is 7.77. The summed E-state index contributed by atoms with van der Waals surface area (Å²) in [6, 6.07) is 107. The molecule has 6 aliphatic carbocycles. The Labute approximate surface area is 690 Å². The van der Waals surface area contributed by atoms with E-state index in [1.165, 1.54) is 284 Å². The van der Waals surface area contributed by atoms with Crippen molar-refractivity contribution in [2.45, 2.75) is 203 Å². The Kier molecular flexibility index (Phi) is 17.8. The molecule has 2 spiro atoms. The number of para-hydroxylation sites is 2. The lowest BCUT2D eigenvalue weighted by Crippen LogP contribution is -2.33. The third-order valence-electron chi connectivity index (χ3n) is 29.4. The van der Waals surface area contributed by atoms with Gasteiger partial charge in [-0.25, -0.2) is 0 Å². The zero-order valence-electron chi connectivity index (χ0n) is 68.7. The summed E-state index contributed by atoms with van der Waals surface area (Å²) in [6.45, 7) is 9.52. The molecule has 2 aromatic heterocycles. The van der Waals surface area contributed by atoms with Crippen LogP contribution in [0.1, 0.15) is 249 Å². The molecule has 0 fully saturated rings. The van der Waals surface area contributed by atoms with Crippen molar-refractivity contribution in [2.75, 3.05) is 4.90 Å². The van der Waals surface area contributed by atoms with Crippen molar-refractivity contribution >= 4 is 71.7 Å². The van der Waals surface area contributed by atoms with E-state index in [0.29, 0.717) is 0 Å². The van der Waals surface area contributed by atoms with Gasteiger partial charge in [0, 0.05) is 54.7 Å². The standard InChI is InChI=1S/C114H105NO2/c1-5-9-13-17-37-66-111(67-38-18-14-10-6-2)89-52-30-27-49-83(89)105-106-86-51-29-36-59-101(86)117-110(106)107-84-63-61-75(70-95(84)112(109(107)108(105)111,68-39-19-15-11-7-3)69-40-20-16-12-8-4)115(99-57-41-43-74-42-21-22-44-77(74)99)76-60-62-82-87-72-98-88(73-97(87)114(96(82)71-76)92-55-33-25-47-80(92)81-48-26-34-56-93(81)114)103-94(64-65-102-104(103)85-50-28-35-58-100(85)116-102)113(98)90-53-31-23-45-78(90)79-46-24-32-54-91(79)113/h21-36,41-65,70-73H,5-20,37-40,66-69H2,1-4H3. The third-order valence-corrected chi connectivity index (χ3v) is 29.4. The Bertz CT molecular complexity index is 6520. The minimum atomic E-state index is -0.709. The van der Waals surface area contributed by atoms with Crippen LogP contribution in [0.2, 0.25) is 0 Å². The van der Waals surface area contributed by atoms with E-state index in [0.717, 1.165) is 59.1 Å². The maximum atomic E-state index is 7.77. The summed E-state index contributed by atoms with van der Waals surface area (Å²) in [5.74, 6) is 0. The highest BCUT2D eigenvalue weighted by Gasteiger charge is 2.59. The summed E-state index contributed by atoms with van der Waals surface area (Å²) in [7, 11) is 0. The van der Waals surface area contributed by atoms with Gasteiger partial charge in [0.2, 0.25) is 0 Å². The number of unbranched alkanes of at least 4 members (excludes halogenated alkanes) is 16. The molecule has 2 heterocycles. The highest BCUT2D eigenvalue weighted by Crippen LogP contribution is 2.72. The molecule has 578 valence electrons. The van der Waals surface area contributed by atoms with Gasteiger partial charge in [0.05, 0.1) is 16.5 Å². The molecule has 3 heteroatoms. The van der Waals surface area contributed by atoms with Gasteiger partial charge in [0.25, 0.3) is 0 Å². The molecule has 0 N–H and O–H groups in total. The lowest BCUT2D eigenvalue weighted by molar-refractivity contribution is 0.369. The number of rotatable bonds is 27. The van der Waals surface area contributed by atoms with Crippen molar-refractivity contribution in [3.05, 3.63) is 340 Å². The molecule has 0 bridgehead atoms. The Morgan fingerprint density at radius 1 is 0.248 bits per heavy atom. The topological polar surface area (TPSA) is 29.5 Å². The fraction of sp³-hybridized carbons (Fsp3) is 0.281. The van der Waals surface area contributed by atoms with Crippen LogP contribution < -0.4 is 4.90 Å². The number of fused-ring (bicyclic) bond motifs is 37. The Morgan fingerprint density at radius 3 is 1.22 bits per heavy atom. The first-order valence-electron chi connectivity index (χ1n) is 45.1. The Hall–Kier alpha value is -11.3. The second kappa shape index (κ2) is 28.8. The third kappa shape index (κ3) is 10.4. The lowest BCUT2D eigenvalue weighted by atomic mass is 9.62. The predicted octanol–water partition coefficient (Wildman–Crippen LogP) is 32.8. The highest BCUT2D eigenvalue weighted by atomic mass is 16.3. The van der Waals surface area contributed by atoms with Gasteiger partial charge in [-0.2, -0.15) is 0 Å². The number of furan rings is 2. The van der Waals surface area contributed by atoms with Crippen molar-refractivity contribution in [3.8, 4) is 66.8 Å². The number of hydrogen-bond donors (Lipinski definition) is 0. The zero-order valence-corrected chi connectivity index (χ0v) is 68.7. The average Bonchev–Trinajstić information content (AvgIpc) is 1.48. The summed E-state index contributed by atoms with van der Waals surface area (Å²) in [6.07, 6.45) is 29.4. The van der Waals surface area contributed by atoms with Crippen LogP contribution in [-0.2, 0) is 21.7 Å². The molecule has 0 unspecified atom stereocenters. The molecular formula is C114H105NO2. The predicted molar refractivity (Wildman–Crippen MR) is 492 cm³/mol. The molecular weight excluding hydrogens is 1420 g/mol. The minimum absolute atomic E-state index is 0.179. The molecule has 0 saturated carbocycles. The van der Waals surface area contributed by atoms with Crippen LogP contribution in [0.25, 0.3) is 121 Å². The SMILES string of the molecule is CCCCCCCC1(CCCCCCC)c2cc(N(c3ccc4c(c3)C3(c5ccccc5-c5ccccc53)c3cc5c(cc3-4)C3(c4ccccc4-c4ccccc43)c3ccc4oc6ccccc6c4c3-5)c3cccc4ccccc34)ccc2-c2c1c1c(c3c2oc2ccccc23)-c2ccccc2C1(CCCCCCC)CCCCCCC. The van der Waals surface area contributed by atoms with E-state index in [1.807, 2.05) is 0 Å². The van der Waals surface area contributed by atoms with E-state index < -0.39 is 10.8 Å². The van der Waals surface area contributed by atoms with Crippen LogP contribution in [-0.4, -0.2) is 0 Å². The highest BCUT2D eigenvalue weighted by molar-refractivity contribution is 6.22. The van der Waals surface area contributed by atoms with Gasteiger partial charge >= 0.3 is 0 Å². The lowest BCUT2D eigenvalue weighted by Gasteiger charge is -2.40.